The van der Waals surface area contributed by atoms with Crippen molar-refractivity contribution in [3.05, 3.63) is 12.5 Å². The van der Waals surface area contributed by atoms with Crippen LogP contribution in [0.5, 0.6) is 0 Å². The highest BCUT2D eigenvalue weighted by Gasteiger charge is 1.91. The monoisotopic (exact) mass is 166 g/mol. The van der Waals surface area contributed by atoms with Crippen LogP contribution in [0.3, 0.4) is 0 Å². The molecule has 10 heavy (non-hydrogen) atoms. The van der Waals surface area contributed by atoms with E-state index < -0.39 is 0 Å². The molecule has 0 fully saturated rings. The number of rotatable bonds is 6. The summed E-state index contributed by atoms with van der Waals surface area (Å²) < 4.78 is 14.3. The second kappa shape index (κ2) is 6.71. The molecule has 4 heteroatoms. The minimum absolute atomic E-state index is 0.0613. The van der Waals surface area contributed by atoms with Crippen LogP contribution in [0.2, 0.25) is 0 Å². The summed E-state index contributed by atoms with van der Waals surface area (Å²) in [6.45, 7) is 4.39. The van der Waals surface area contributed by atoms with Gasteiger partial charge in [-0.1, -0.05) is 11.6 Å². The standard InChI is InChI=1S/C6H11ClO3/c1-6(10-5-7)9-4-3-8-2/h1,3-5H2,2H3. The summed E-state index contributed by atoms with van der Waals surface area (Å²) in [5.74, 6) is 0.229. The third kappa shape index (κ3) is 5.72. The minimum Gasteiger partial charge on any atom is -0.463 e. The van der Waals surface area contributed by atoms with Gasteiger partial charge in [-0.15, -0.1) is 0 Å². The van der Waals surface area contributed by atoms with Crippen LogP contribution in [-0.4, -0.2) is 26.4 Å². The zero-order valence-electron chi connectivity index (χ0n) is 5.93. The van der Waals surface area contributed by atoms with Crippen LogP contribution in [0.4, 0.5) is 0 Å². The summed E-state index contributed by atoms with van der Waals surface area (Å²) in [5, 5.41) is 0. The van der Waals surface area contributed by atoms with Gasteiger partial charge in [0, 0.05) is 7.11 Å². The Morgan fingerprint density at radius 2 is 2.10 bits per heavy atom. The first kappa shape index (κ1) is 9.59. The van der Waals surface area contributed by atoms with Crippen molar-refractivity contribution in [2.75, 3.05) is 26.4 Å². The van der Waals surface area contributed by atoms with E-state index in [4.69, 9.17) is 21.1 Å². The SMILES string of the molecule is C=C(OCCl)OCCOC. The van der Waals surface area contributed by atoms with Gasteiger partial charge in [0.05, 0.1) is 6.61 Å². The Morgan fingerprint density at radius 3 is 2.60 bits per heavy atom. The molecular formula is C6H11ClO3. The van der Waals surface area contributed by atoms with Crippen molar-refractivity contribution in [3.63, 3.8) is 0 Å². The maximum absolute atomic E-state index is 5.21. The van der Waals surface area contributed by atoms with Crippen LogP contribution in [-0.2, 0) is 14.2 Å². The topological polar surface area (TPSA) is 27.7 Å². The van der Waals surface area contributed by atoms with Gasteiger partial charge in [-0.25, -0.2) is 0 Å². The number of methoxy groups -OCH3 is 1. The lowest BCUT2D eigenvalue weighted by atomic mass is 10.8. The first-order valence-electron chi connectivity index (χ1n) is 2.80. The summed E-state index contributed by atoms with van der Waals surface area (Å²) in [4.78, 5) is 0. The lowest BCUT2D eigenvalue weighted by Gasteiger charge is -2.06. The second-order valence-corrected chi connectivity index (χ2v) is 1.68. The van der Waals surface area contributed by atoms with Crippen molar-refractivity contribution in [1.82, 2.24) is 0 Å². The molecule has 0 amide bonds. The number of alkyl halides is 1. The molecule has 0 aliphatic rings. The van der Waals surface area contributed by atoms with Gasteiger partial charge in [0.1, 0.15) is 6.61 Å². The van der Waals surface area contributed by atoms with Gasteiger partial charge in [0.2, 0.25) is 0 Å². The lowest BCUT2D eigenvalue weighted by Crippen LogP contribution is -2.02. The third-order valence-electron chi connectivity index (χ3n) is 0.766. The highest BCUT2D eigenvalue weighted by molar-refractivity contribution is 6.17. The van der Waals surface area contributed by atoms with Gasteiger partial charge in [-0.3, -0.25) is 0 Å². The molecule has 0 spiro atoms. The van der Waals surface area contributed by atoms with E-state index in [1.807, 2.05) is 0 Å². The van der Waals surface area contributed by atoms with Crippen LogP contribution in [0.1, 0.15) is 0 Å². The summed E-state index contributed by atoms with van der Waals surface area (Å²) in [6.07, 6.45) is 0. The molecule has 0 rings (SSSR count). The fourth-order valence-corrected chi connectivity index (χ4v) is 0.463. The van der Waals surface area contributed by atoms with Gasteiger partial charge in [-0.2, -0.15) is 0 Å². The quantitative estimate of drug-likeness (QED) is 0.339. The molecule has 0 saturated carbocycles. The molecular weight excluding hydrogens is 156 g/mol. The number of hydrogen-bond acceptors (Lipinski definition) is 3. The zero-order chi connectivity index (χ0) is 7.82. The maximum atomic E-state index is 5.21. The largest absolute Gasteiger partial charge is 0.463 e. The van der Waals surface area contributed by atoms with Gasteiger partial charge in [-0.05, 0) is 6.58 Å². The number of halogens is 1. The molecule has 0 aromatic rings. The normalized spacial score (nSPS) is 9.00. The van der Waals surface area contributed by atoms with E-state index in [9.17, 15) is 0 Å². The Hall–Kier alpha value is -0.410. The molecule has 0 unspecified atom stereocenters. The van der Waals surface area contributed by atoms with Crippen LogP contribution < -0.4 is 0 Å². The molecule has 0 atom stereocenters. The summed E-state index contributed by atoms with van der Waals surface area (Å²) in [7, 11) is 1.59. The Morgan fingerprint density at radius 1 is 1.40 bits per heavy atom. The Kier molecular flexibility index (Phi) is 6.43. The number of ether oxygens (including phenoxy) is 3. The van der Waals surface area contributed by atoms with Gasteiger partial charge < -0.3 is 14.2 Å². The Labute approximate surface area is 65.5 Å². The second-order valence-electron chi connectivity index (χ2n) is 1.47. The predicted molar refractivity (Wildman–Crippen MR) is 38.8 cm³/mol. The fraction of sp³-hybridized carbons (Fsp3) is 0.667. The van der Waals surface area contributed by atoms with E-state index in [0.29, 0.717) is 13.2 Å². The van der Waals surface area contributed by atoms with Gasteiger partial charge in [0.15, 0.2) is 6.07 Å². The summed E-state index contributed by atoms with van der Waals surface area (Å²) >= 11 is 5.21. The van der Waals surface area contributed by atoms with E-state index >= 15 is 0 Å². The summed E-state index contributed by atoms with van der Waals surface area (Å²) in [6, 6.07) is 0.0613. The summed E-state index contributed by atoms with van der Waals surface area (Å²) in [5.41, 5.74) is 0. The average molecular weight is 167 g/mol. The lowest BCUT2D eigenvalue weighted by molar-refractivity contribution is 0.0281. The highest BCUT2D eigenvalue weighted by Crippen LogP contribution is 1.96. The molecule has 3 nitrogen and oxygen atoms in total. The number of hydrogen-bond donors (Lipinski definition) is 0. The molecule has 0 radical (unpaired) electrons. The molecule has 0 aliphatic heterocycles. The van der Waals surface area contributed by atoms with Gasteiger partial charge in [0.25, 0.3) is 5.95 Å². The Bertz CT molecular complexity index is 95.0. The maximum Gasteiger partial charge on any atom is 0.272 e. The zero-order valence-corrected chi connectivity index (χ0v) is 6.69. The molecule has 0 saturated heterocycles. The van der Waals surface area contributed by atoms with Crippen LogP contribution in [0, 0.1) is 0 Å². The van der Waals surface area contributed by atoms with E-state index in [2.05, 4.69) is 11.3 Å². The molecule has 0 aromatic carbocycles. The van der Waals surface area contributed by atoms with E-state index in [1.54, 1.807) is 7.11 Å². The van der Waals surface area contributed by atoms with E-state index in [-0.39, 0.29) is 12.0 Å². The predicted octanol–water partition coefficient (Wildman–Crippen LogP) is 1.33. The van der Waals surface area contributed by atoms with Crippen LogP contribution in [0.25, 0.3) is 0 Å². The minimum atomic E-state index is 0.0613. The fourth-order valence-electron chi connectivity index (χ4n) is 0.341. The first-order valence-corrected chi connectivity index (χ1v) is 3.34. The van der Waals surface area contributed by atoms with E-state index in [0.717, 1.165) is 0 Å². The first-order chi connectivity index (χ1) is 4.81. The molecule has 0 bridgehead atoms. The smallest absolute Gasteiger partial charge is 0.272 e. The van der Waals surface area contributed by atoms with Crippen molar-refractivity contribution in [3.8, 4) is 0 Å². The molecule has 60 valence electrons. The third-order valence-corrected chi connectivity index (χ3v) is 0.875. The van der Waals surface area contributed by atoms with Crippen molar-refractivity contribution in [2.24, 2.45) is 0 Å². The highest BCUT2D eigenvalue weighted by atomic mass is 35.5. The molecule has 0 aliphatic carbocycles. The molecule has 0 heterocycles. The van der Waals surface area contributed by atoms with Crippen molar-refractivity contribution < 1.29 is 14.2 Å². The van der Waals surface area contributed by atoms with E-state index in [1.165, 1.54) is 0 Å². The van der Waals surface area contributed by atoms with Gasteiger partial charge >= 0.3 is 0 Å². The van der Waals surface area contributed by atoms with Crippen molar-refractivity contribution in [1.29, 1.82) is 0 Å². The molecule has 0 N–H and O–H groups in total. The van der Waals surface area contributed by atoms with Crippen LogP contribution in [0.15, 0.2) is 12.5 Å². The Balaban J connectivity index is 3.05. The van der Waals surface area contributed by atoms with Crippen molar-refractivity contribution >= 4 is 11.6 Å². The van der Waals surface area contributed by atoms with Crippen LogP contribution >= 0.6 is 11.6 Å². The average Bonchev–Trinajstić information content (AvgIpc) is 1.89. The molecule has 0 aromatic heterocycles. The van der Waals surface area contributed by atoms with Crippen molar-refractivity contribution in [2.45, 2.75) is 0 Å².